The van der Waals surface area contributed by atoms with Crippen molar-refractivity contribution in [2.24, 2.45) is 0 Å². The highest BCUT2D eigenvalue weighted by Gasteiger charge is 2.39. The van der Waals surface area contributed by atoms with E-state index in [1.165, 1.54) is 10.7 Å². The van der Waals surface area contributed by atoms with Gasteiger partial charge in [-0.25, -0.2) is 19.6 Å². The van der Waals surface area contributed by atoms with Crippen molar-refractivity contribution in [3.63, 3.8) is 0 Å². The van der Waals surface area contributed by atoms with Gasteiger partial charge in [-0.2, -0.15) is 23.5 Å². The zero-order chi connectivity index (χ0) is 30.8. The van der Waals surface area contributed by atoms with Gasteiger partial charge in [-0.15, -0.1) is 0 Å². The molecule has 0 bridgehead atoms. The third-order valence-electron chi connectivity index (χ3n) is 7.85. The minimum Gasteiger partial charge on any atom is -0.310 e. The number of nitrogens with one attached hydrogen (secondary N) is 1. The van der Waals surface area contributed by atoms with Crippen LogP contribution >= 0.6 is 0 Å². The average Bonchev–Trinajstić information content (AvgIpc) is 3.25. The zero-order valence-electron chi connectivity index (χ0n) is 24.6. The van der Waals surface area contributed by atoms with Crippen LogP contribution in [0.25, 0.3) is 11.0 Å². The Hall–Kier alpha value is -4.14. The summed E-state index contributed by atoms with van der Waals surface area (Å²) < 4.78 is 40.5. The van der Waals surface area contributed by atoms with E-state index in [2.05, 4.69) is 62.7 Å². The van der Waals surface area contributed by atoms with Crippen molar-refractivity contribution >= 4 is 11.0 Å². The molecule has 9 nitrogen and oxygen atoms in total. The number of fused-ring (bicyclic) bond motifs is 1. The molecule has 1 N–H and O–H groups in total. The van der Waals surface area contributed by atoms with Gasteiger partial charge in [0.05, 0.1) is 6.04 Å². The normalized spacial score (nSPS) is 18.5. The van der Waals surface area contributed by atoms with Crippen LogP contribution in [0.5, 0.6) is 0 Å². The standard InChI is InChI=1S/C30H33F3N8O/c1-15(16-8-11-20(35-14-16)30(31,32)33)41-26-23(19(13-34)40-41)27(42)39-25(38-26)18-10-9-17(18)24-36-21(28(2,3)4)12-22(37-24)29(5,6)7/h8,11-12,14-15,17-18H,9-10H2,1-7H3,(H,38,39,42)/t15?,17-,18-/m0/s1. The lowest BCUT2D eigenvalue weighted by Crippen LogP contribution is -2.30. The predicted octanol–water partition coefficient (Wildman–Crippen LogP) is 6.06. The van der Waals surface area contributed by atoms with Crippen LogP contribution in [0.15, 0.2) is 29.2 Å². The van der Waals surface area contributed by atoms with Gasteiger partial charge in [0.2, 0.25) is 0 Å². The summed E-state index contributed by atoms with van der Waals surface area (Å²) in [6, 6.07) is 5.55. The number of pyridine rings is 1. The van der Waals surface area contributed by atoms with Crippen molar-refractivity contribution in [2.45, 2.75) is 96.2 Å². The molecule has 0 saturated heterocycles. The van der Waals surface area contributed by atoms with Crippen molar-refractivity contribution in [2.75, 3.05) is 0 Å². The fourth-order valence-corrected chi connectivity index (χ4v) is 5.08. The lowest BCUT2D eigenvalue weighted by Gasteiger charge is -2.36. The van der Waals surface area contributed by atoms with E-state index in [-0.39, 0.29) is 39.4 Å². The third kappa shape index (κ3) is 5.28. The van der Waals surface area contributed by atoms with Gasteiger partial charge in [0.15, 0.2) is 11.3 Å². The maximum atomic E-state index is 13.3. The van der Waals surface area contributed by atoms with Crippen LogP contribution in [-0.4, -0.2) is 34.7 Å². The van der Waals surface area contributed by atoms with E-state index < -0.39 is 23.5 Å². The molecule has 4 aromatic rings. The van der Waals surface area contributed by atoms with Gasteiger partial charge < -0.3 is 4.98 Å². The molecule has 220 valence electrons. The lowest BCUT2D eigenvalue weighted by atomic mass is 9.72. The van der Waals surface area contributed by atoms with E-state index >= 15 is 0 Å². The quantitative estimate of drug-likeness (QED) is 0.312. The fraction of sp³-hybridized carbons (Fsp3) is 0.500. The summed E-state index contributed by atoms with van der Waals surface area (Å²) in [7, 11) is 0. The summed E-state index contributed by atoms with van der Waals surface area (Å²) in [5.74, 6) is 0.912. The maximum Gasteiger partial charge on any atom is 0.433 e. The Morgan fingerprint density at radius 2 is 1.60 bits per heavy atom. The van der Waals surface area contributed by atoms with E-state index in [1.807, 2.05) is 6.07 Å². The van der Waals surface area contributed by atoms with Crippen molar-refractivity contribution in [1.29, 1.82) is 5.26 Å². The summed E-state index contributed by atoms with van der Waals surface area (Å²) >= 11 is 0. The first-order valence-corrected chi connectivity index (χ1v) is 13.8. The number of hydrogen-bond acceptors (Lipinski definition) is 7. The molecule has 0 amide bonds. The van der Waals surface area contributed by atoms with Crippen molar-refractivity contribution < 1.29 is 13.2 Å². The molecular formula is C30H33F3N8O. The summed E-state index contributed by atoms with van der Waals surface area (Å²) in [6.07, 6.45) is -1.87. The topological polar surface area (TPSA) is 126 Å². The molecule has 0 aliphatic heterocycles. The van der Waals surface area contributed by atoms with Gasteiger partial charge in [0.25, 0.3) is 5.56 Å². The van der Waals surface area contributed by atoms with E-state index in [0.717, 1.165) is 36.5 Å². The molecule has 12 heteroatoms. The Kier molecular flexibility index (Phi) is 6.99. The SMILES string of the molecule is CC(c1ccc(C(F)(F)F)nc1)n1nc(C#N)c2c(=O)[nH]c([C@H]3CC[C@@H]3c3nc(C(C)(C)C)cc(C(C)(C)C)n3)nc21. The van der Waals surface area contributed by atoms with Crippen LogP contribution in [0.1, 0.15) is 119 Å². The number of H-pyrrole nitrogens is 1. The maximum absolute atomic E-state index is 13.3. The van der Waals surface area contributed by atoms with E-state index in [0.29, 0.717) is 17.2 Å². The second kappa shape index (κ2) is 10.00. The van der Waals surface area contributed by atoms with Gasteiger partial charge in [0.1, 0.15) is 28.8 Å². The van der Waals surface area contributed by atoms with E-state index in [9.17, 15) is 23.2 Å². The van der Waals surface area contributed by atoms with Gasteiger partial charge in [-0.1, -0.05) is 47.6 Å². The van der Waals surface area contributed by atoms with E-state index in [4.69, 9.17) is 15.0 Å². The van der Waals surface area contributed by atoms with E-state index in [1.54, 1.807) is 6.92 Å². The molecular weight excluding hydrogens is 545 g/mol. The third-order valence-corrected chi connectivity index (χ3v) is 7.85. The smallest absolute Gasteiger partial charge is 0.310 e. The Morgan fingerprint density at radius 1 is 0.976 bits per heavy atom. The molecule has 1 aliphatic carbocycles. The second-order valence-corrected chi connectivity index (χ2v) is 13.0. The summed E-state index contributed by atoms with van der Waals surface area (Å²) in [4.78, 5) is 34.4. The van der Waals surface area contributed by atoms with Crippen LogP contribution in [0.2, 0.25) is 0 Å². The summed E-state index contributed by atoms with van der Waals surface area (Å²) in [6.45, 7) is 14.4. The Balaban J connectivity index is 1.58. The Labute approximate surface area is 241 Å². The predicted molar refractivity (Wildman–Crippen MR) is 150 cm³/mol. The Morgan fingerprint density at radius 3 is 2.07 bits per heavy atom. The van der Waals surface area contributed by atoms with Gasteiger partial charge in [-0.3, -0.25) is 9.78 Å². The van der Waals surface area contributed by atoms with Crippen LogP contribution in [-0.2, 0) is 17.0 Å². The van der Waals surface area contributed by atoms with Gasteiger partial charge >= 0.3 is 6.18 Å². The fourth-order valence-electron chi connectivity index (χ4n) is 5.08. The van der Waals surface area contributed by atoms with Crippen LogP contribution < -0.4 is 5.56 Å². The highest BCUT2D eigenvalue weighted by molar-refractivity contribution is 5.80. The van der Waals surface area contributed by atoms with Crippen LogP contribution in [0.4, 0.5) is 13.2 Å². The molecule has 0 spiro atoms. The average molecular weight is 579 g/mol. The summed E-state index contributed by atoms with van der Waals surface area (Å²) in [5.41, 5.74) is 0.483. The molecule has 3 atom stereocenters. The number of aromatic nitrogens is 7. The number of rotatable bonds is 4. The van der Waals surface area contributed by atoms with Crippen molar-refractivity contribution in [3.8, 4) is 6.07 Å². The molecule has 4 aromatic heterocycles. The first kappa shape index (κ1) is 29.4. The minimum absolute atomic E-state index is 0.0323. The monoisotopic (exact) mass is 578 g/mol. The lowest BCUT2D eigenvalue weighted by molar-refractivity contribution is -0.141. The first-order chi connectivity index (χ1) is 19.5. The number of halogens is 3. The van der Waals surface area contributed by atoms with Crippen LogP contribution in [0, 0.1) is 11.3 Å². The molecule has 4 heterocycles. The number of nitrogens with zero attached hydrogens (tertiary/aromatic N) is 7. The van der Waals surface area contributed by atoms with Crippen LogP contribution in [0.3, 0.4) is 0 Å². The number of nitriles is 1. The highest BCUT2D eigenvalue weighted by Crippen LogP contribution is 2.47. The Bertz CT molecular complexity index is 1720. The number of hydrogen-bond donors (Lipinski definition) is 1. The molecule has 1 unspecified atom stereocenters. The van der Waals surface area contributed by atoms with Gasteiger partial charge in [0, 0.05) is 40.3 Å². The highest BCUT2D eigenvalue weighted by atomic mass is 19.4. The number of alkyl halides is 3. The first-order valence-electron chi connectivity index (χ1n) is 13.8. The summed E-state index contributed by atoms with van der Waals surface area (Å²) in [5, 5.41) is 14.0. The van der Waals surface area contributed by atoms with Crippen molar-refractivity contribution in [1.82, 2.24) is 34.7 Å². The molecule has 1 fully saturated rings. The number of aromatic amines is 1. The zero-order valence-corrected chi connectivity index (χ0v) is 24.6. The molecule has 42 heavy (non-hydrogen) atoms. The minimum atomic E-state index is -4.57. The molecule has 0 aromatic carbocycles. The largest absolute Gasteiger partial charge is 0.433 e. The molecule has 1 aliphatic rings. The van der Waals surface area contributed by atoms with Crippen molar-refractivity contribution in [3.05, 3.63) is 74.7 Å². The molecule has 1 saturated carbocycles. The molecule has 5 rings (SSSR count). The van der Waals surface area contributed by atoms with Gasteiger partial charge in [-0.05, 0) is 37.5 Å². The molecule has 0 radical (unpaired) electrons. The second-order valence-electron chi connectivity index (χ2n) is 13.0.